The third kappa shape index (κ3) is 9.69. The highest BCUT2D eigenvalue weighted by Gasteiger charge is 2.07. The van der Waals surface area contributed by atoms with Gasteiger partial charge in [0.2, 0.25) is 0 Å². The van der Waals surface area contributed by atoms with Crippen LogP contribution in [0.1, 0.15) is 65.2 Å². The summed E-state index contributed by atoms with van der Waals surface area (Å²) in [5, 5.41) is 0. The van der Waals surface area contributed by atoms with Gasteiger partial charge in [-0.2, -0.15) is 0 Å². The molecule has 0 N–H and O–H groups in total. The lowest BCUT2D eigenvalue weighted by molar-refractivity contribution is -0.144. The van der Waals surface area contributed by atoms with Crippen LogP contribution in [0.25, 0.3) is 0 Å². The van der Waals surface area contributed by atoms with Gasteiger partial charge in [0.1, 0.15) is 5.78 Å². The molecule has 0 aliphatic carbocycles. The van der Waals surface area contributed by atoms with E-state index in [2.05, 4.69) is 6.92 Å². The molecule has 0 saturated heterocycles. The van der Waals surface area contributed by atoms with Gasteiger partial charge in [-0.05, 0) is 12.8 Å². The molecule has 0 aromatic carbocycles. The first-order chi connectivity index (χ1) is 7.70. The van der Waals surface area contributed by atoms with E-state index in [1.807, 2.05) is 6.92 Å². The molecular weight excluding hydrogens is 204 g/mol. The maximum atomic E-state index is 11.4. The minimum Gasteiger partial charge on any atom is -0.466 e. The van der Waals surface area contributed by atoms with E-state index in [0.29, 0.717) is 19.4 Å². The average molecular weight is 228 g/mol. The summed E-state index contributed by atoms with van der Waals surface area (Å²) in [6, 6.07) is 0. The van der Waals surface area contributed by atoms with E-state index in [1.165, 1.54) is 12.8 Å². The van der Waals surface area contributed by atoms with E-state index < -0.39 is 0 Å². The standard InChI is InChI=1S/C13H24O3/c1-3-5-6-7-8-12(14)9-10-13(15)16-11-4-2/h3-11H2,1-2H3. The van der Waals surface area contributed by atoms with Crippen molar-refractivity contribution < 1.29 is 14.3 Å². The maximum absolute atomic E-state index is 11.4. The highest BCUT2D eigenvalue weighted by molar-refractivity contribution is 5.82. The molecule has 0 aliphatic rings. The minimum atomic E-state index is -0.247. The highest BCUT2D eigenvalue weighted by atomic mass is 16.5. The number of hydrogen-bond donors (Lipinski definition) is 0. The summed E-state index contributed by atoms with van der Waals surface area (Å²) in [5.41, 5.74) is 0. The van der Waals surface area contributed by atoms with Gasteiger partial charge < -0.3 is 4.74 Å². The quantitative estimate of drug-likeness (QED) is 0.426. The van der Waals surface area contributed by atoms with Gasteiger partial charge >= 0.3 is 5.97 Å². The summed E-state index contributed by atoms with van der Waals surface area (Å²) in [4.78, 5) is 22.5. The predicted molar refractivity (Wildman–Crippen MR) is 64.3 cm³/mol. The number of carbonyl (C=O) groups is 2. The third-order valence-corrected chi connectivity index (χ3v) is 2.38. The Labute approximate surface area is 98.6 Å². The Morgan fingerprint density at radius 3 is 2.25 bits per heavy atom. The average Bonchev–Trinajstić information content (AvgIpc) is 2.29. The third-order valence-electron chi connectivity index (χ3n) is 2.38. The molecular formula is C13H24O3. The number of hydrogen-bond acceptors (Lipinski definition) is 3. The predicted octanol–water partition coefficient (Wildman–Crippen LogP) is 3.26. The molecule has 0 radical (unpaired) electrons. The Balaban J connectivity index is 3.38. The maximum Gasteiger partial charge on any atom is 0.306 e. The summed E-state index contributed by atoms with van der Waals surface area (Å²) < 4.78 is 4.89. The summed E-state index contributed by atoms with van der Waals surface area (Å²) in [6.45, 7) is 4.56. The van der Waals surface area contributed by atoms with Gasteiger partial charge in [0.05, 0.1) is 13.0 Å². The highest BCUT2D eigenvalue weighted by Crippen LogP contribution is 2.06. The second kappa shape index (κ2) is 10.7. The Hall–Kier alpha value is -0.860. The zero-order chi connectivity index (χ0) is 12.2. The summed E-state index contributed by atoms with van der Waals surface area (Å²) >= 11 is 0. The second-order valence-electron chi connectivity index (χ2n) is 4.07. The summed E-state index contributed by atoms with van der Waals surface area (Å²) in [5.74, 6) is -0.0618. The molecule has 0 aromatic heterocycles. The fourth-order valence-corrected chi connectivity index (χ4v) is 1.40. The molecule has 3 heteroatoms. The number of ketones is 1. The van der Waals surface area contributed by atoms with Crippen molar-refractivity contribution in [2.75, 3.05) is 6.61 Å². The van der Waals surface area contributed by atoms with Crippen molar-refractivity contribution in [2.24, 2.45) is 0 Å². The smallest absolute Gasteiger partial charge is 0.306 e. The number of carbonyl (C=O) groups excluding carboxylic acids is 2. The summed E-state index contributed by atoms with van der Waals surface area (Å²) in [7, 11) is 0. The molecule has 0 heterocycles. The molecule has 0 aromatic rings. The second-order valence-corrected chi connectivity index (χ2v) is 4.07. The van der Waals surface area contributed by atoms with Gasteiger partial charge in [-0.1, -0.05) is 33.1 Å². The molecule has 94 valence electrons. The van der Waals surface area contributed by atoms with Crippen molar-refractivity contribution in [2.45, 2.75) is 65.2 Å². The van der Waals surface area contributed by atoms with E-state index in [-0.39, 0.29) is 18.2 Å². The van der Waals surface area contributed by atoms with Crippen LogP contribution in [0.3, 0.4) is 0 Å². The van der Waals surface area contributed by atoms with Crippen molar-refractivity contribution in [3.63, 3.8) is 0 Å². The van der Waals surface area contributed by atoms with Crippen LogP contribution in [0, 0.1) is 0 Å². The van der Waals surface area contributed by atoms with Gasteiger partial charge in [-0.15, -0.1) is 0 Å². The zero-order valence-electron chi connectivity index (χ0n) is 10.6. The first kappa shape index (κ1) is 15.1. The van der Waals surface area contributed by atoms with Crippen molar-refractivity contribution in [1.82, 2.24) is 0 Å². The van der Waals surface area contributed by atoms with Crippen LogP contribution in [-0.2, 0) is 14.3 Å². The van der Waals surface area contributed by atoms with E-state index in [4.69, 9.17) is 4.74 Å². The van der Waals surface area contributed by atoms with E-state index >= 15 is 0 Å². The molecule has 0 spiro atoms. The molecule has 3 nitrogen and oxygen atoms in total. The van der Waals surface area contributed by atoms with E-state index in [1.54, 1.807) is 0 Å². The van der Waals surface area contributed by atoms with Crippen LogP contribution in [0.15, 0.2) is 0 Å². The van der Waals surface area contributed by atoms with Crippen LogP contribution >= 0.6 is 0 Å². The van der Waals surface area contributed by atoms with Crippen LogP contribution in [0.4, 0.5) is 0 Å². The van der Waals surface area contributed by atoms with Crippen molar-refractivity contribution in [3.8, 4) is 0 Å². The number of esters is 1. The first-order valence-corrected chi connectivity index (χ1v) is 6.38. The Morgan fingerprint density at radius 1 is 0.875 bits per heavy atom. The van der Waals surface area contributed by atoms with E-state index in [9.17, 15) is 9.59 Å². The molecule has 0 saturated carbocycles. The molecule has 0 amide bonds. The van der Waals surface area contributed by atoms with Crippen LogP contribution < -0.4 is 0 Å². The molecule has 16 heavy (non-hydrogen) atoms. The largest absolute Gasteiger partial charge is 0.466 e. The van der Waals surface area contributed by atoms with Gasteiger partial charge in [0.15, 0.2) is 0 Å². The van der Waals surface area contributed by atoms with Gasteiger partial charge in [0.25, 0.3) is 0 Å². The lowest BCUT2D eigenvalue weighted by atomic mass is 10.1. The van der Waals surface area contributed by atoms with Gasteiger partial charge in [0, 0.05) is 12.8 Å². The lowest BCUT2D eigenvalue weighted by Crippen LogP contribution is -2.08. The monoisotopic (exact) mass is 228 g/mol. The van der Waals surface area contributed by atoms with Crippen LogP contribution in [0.5, 0.6) is 0 Å². The minimum absolute atomic E-state index is 0.185. The zero-order valence-corrected chi connectivity index (χ0v) is 10.6. The van der Waals surface area contributed by atoms with E-state index in [0.717, 1.165) is 19.3 Å². The van der Waals surface area contributed by atoms with Crippen LogP contribution in [-0.4, -0.2) is 18.4 Å². The SMILES string of the molecule is CCCCCCC(=O)CCC(=O)OCCC. The van der Waals surface area contributed by atoms with Gasteiger partial charge in [-0.25, -0.2) is 0 Å². The Kier molecular flexibility index (Phi) is 10.1. The van der Waals surface area contributed by atoms with Crippen molar-refractivity contribution in [1.29, 1.82) is 0 Å². The fourth-order valence-electron chi connectivity index (χ4n) is 1.40. The number of Topliss-reactive ketones (excluding diaryl/α,β-unsaturated/α-hetero) is 1. The number of unbranched alkanes of at least 4 members (excludes halogenated alkanes) is 3. The first-order valence-electron chi connectivity index (χ1n) is 6.38. The van der Waals surface area contributed by atoms with Crippen molar-refractivity contribution >= 4 is 11.8 Å². The van der Waals surface area contributed by atoms with Gasteiger partial charge in [-0.3, -0.25) is 9.59 Å². The normalized spacial score (nSPS) is 10.1. The molecule has 0 atom stereocenters. The molecule has 0 aliphatic heterocycles. The number of rotatable bonds is 10. The summed E-state index contributed by atoms with van der Waals surface area (Å²) in [6.07, 6.45) is 6.46. The Bertz CT molecular complexity index is 199. The molecule has 0 rings (SSSR count). The number of ether oxygens (including phenoxy) is 1. The topological polar surface area (TPSA) is 43.4 Å². The lowest BCUT2D eigenvalue weighted by Gasteiger charge is -2.02. The molecule has 0 unspecified atom stereocenters. The van der Waals surface area contributed by atoms with Crippen molar-refractivity contribution in [3.05, 3.63) is 0 Å². The molecule has 0 bridgehead atoms. The van der Waals surface area contributed by atoms with Crippen LogP contribution in [0.2, 0.25) is 0 Å². The Morgan fingerprint density at radius 2 is 1.62 bits per heavy atom. The molecule has 0 fully saturated rings. The fraction of sp³-hybridized carbons (Fsp3) is 0.846.